The Bertz CT molecular complexity index is 719. The number of morpholine rings is 1. The van der Waals surface area contributed by atoms with Gasteiger partial charge >= 0.3 is 0 Å². The monoisotopic (exact) mass is 343 g/mol. The second-order valence-corrected chi connectivity index (χ2v) is 7.20. The maximum atomic E-state index is 13.0. The zero-order valence-corrected chi connectivity index (χ0v) is 14.5. The van der Waals surface area contributed by atoms with Crippen molar-refractivity contribution in [3.8, 4) is 0 Å². The predicted octanol–water partition coefficient (Wildman–Crippen LogP) is 2.49. The number of hydrogen-bond donors (Lipinski definition) is 0. The molecule has 1 fully saturated rings. The van der Waals surface area contributed by atoms with E-state index in [2.05, 4.69) is 16.0 Å². The van der Waals surface area contributed by atoms with Crippen molar-refractivity contribution in [1.82, 2.24) is 9.88 Å². The first-order chi connectivity index (χ1) is 11.7. The van der Waals surface area contributed by atoms with Gasteiger partial charge in [0, 0.05) is 36.9 Å². The maximum absolute atomic E-state index is 13.0. The summed E-state index contributed by atoms with van der Waals surface area (Å²) in [6.07, 6.45) is 2.72. The van der Waals surface area contributed by atoms with Crippen LogP contribution in [0.1, 0.15) is 23.6 Å². The summed E-state index contributed by atoms with van der Waals surface area (Å²) < 4.78 is 5.85. The number of aromatic nitrogens is 1. The highest BCUT2D eigenvalue weighted by atomic mass is 32.1. The van der Waals surface area contributed by atoms with Crippen LogP contribution in [-0.4, -0.2) is 48.1 Å². The molecule has 1 aromatic carbocycles. The highest BCUT2D eigenvalue weighted by Gasteiger charge is 2.34. The van der Waals surface area contributed by atoms with E-state index in [4.69, 9.17) is 4.74 Å². The first kappa shape index (κ1) is 15.7. The molecule has 6 heteroatoms. The molecule has 2 aliphatic heterocycles. The number of nitrogens with zero attached hydrogens (tertiary/aromatic N) is 3. The van der Waals surface area contributed by atoms with E-state index in [1.54, 1.807) is 17.5 Å². The van der Waals surface area contributed by atoms with E-state index in [0.29, 0.717) is 6.61 Å². The lowest BCUT2D eigenvalue weighted by Gasteiger charge is -2.36. The third-order valence-electron chi connectivity index (χ3n) is 4.88. The van der Waals surface area contributed by atoms with E-state index in [-0.39, 0.29) is 18.1 Å². The Balaban J connectivity index is 1.47. The summed E-state index contributed by atoms with van der Waals surface area (Å²) in [6, 6.07) is 8.05. The molecule has 1 amide bonds. The van der Waals surface area contributed by atoms with Gasteiger partial charge in [-0.1, -0.05) is 18.2 Å². The van der Waals surface area contributed by atoms with Crippen LogP contribution >= 0.6 is 11.3 Å². The van der Waals surface area contributed by atoms with Gasteiger partial charge in [-0.25, -0.2) is 4.98 Å². The molecule has 0 aliphatic carbocycles. The fourth-order valence-electron chi connectivity index (χ4n) is 3.51. The van der Waals surface area contributed by atoms with Crippen LogP contribution in [0.4, 0.5) is 5.69 Å². The summed E-state index contributed by atoms with van der Waals surface area (Å²) in [5, 5.41) is 2.96. The van der Waals surface area contributed by atoms with Gasteiger partial charge in [-0.05, 0) is 25.0 Å². The van der Waals surface area contributed by atoms with E-state index in [1.807, 2.05) is 35.4 Å². The number of carbonyl (C=O) groups excluding carboxylic acids is 1. The SMILES string of the molecule is CC(C(=O)N1CCc2ccccc21)N1CCOC(c2nccs2)C1. The Hall–Kier alpha value is -1.76. The number of para-hydroxylation sites is 1. The molecule has 3 heterocycles. The topological polar surface area (TPSA) is 45.7 Å². The highest BCUT2D eigenvalue weighted by Crippen LogP contribution is 2.30. The van der Waals surface area contributed by atoms with Gasteiger partial charge in [0.25, 0.3) is 0 Å². The normalized spacial score (nSPS) is 22.4. The van der Waals surface area contributed by atoms with E-state index >= 15 is 0 Å². The molecule has 0 N–H and O–H groups in total. The first-order valence-electron chi connectivity index (χ1n) is 8.38. The van der Waals surface area contributed by atoms with Crippen LogP contribution in [0.5, 0.6) is 0 Å². The van der Waals surface area contributed by atoms with Gasteiger partial charge in [-0.2, -0.15) is 0 Å². The quantitative estimate of drug-likeness (QED) is 0.859. The summed E-state index contributed by atoms with van der Waals surface area (Å²) in [4.78, 5) is 21.5. The Morgan fingerprint density at radius 1 is 1.38 bits per heavy atom. The van der Waals surface area contributed by atoms with Gasteiger partial charge in [0.15, 0.2) is 0 Å². The third-order valence-corrected chi connectivity index (χ3v) is 5.75. The molecule has 2 aliphatic rings. The molecule has 1 saturated heterocycles. The highest BCUT2D eigenvalue weighted by molar-refractivity contribution is 7.09. The van der Waals surface area contributed by atoms with Crippen LogP contribution in [-0.2, 0) is 16.0 Å². The number of benzene rings is 1. The number of fused-ring (bicyclic) bond motifs is 1. The molecule has 2 atom stereocenters. The average Bonchev–Trinajstić information content (AvgIpc) is 3.30. The van der Waals surface area contributed by atoms with Gasteiger partial charge in [-0.3, -0.25) is 9.69 Å². The van der Waals surface area contributed by atoms with Crippen LogP contribution in [0.25, 0.3) is 0 Å². The molecule has 1 aromatic heterocycles. The summed E-state index contributed by atoms with van der Waals surface area (Å²) in [6.45, 7) is 4.93. The van der Waals surface area contributed by atoms with Crippen molar-refractivity contribution in [2.45, 2.75) is 25.5 Å². The molecular formula is C18H21N3O2S. The summed E-state index contributed by atoms with van der Waals surface area (Å²) >= 11 is 1.61. The minimum Gasteiger partial charge on any atom is -0.368 e. The van der Waals surface area contributed by atoms with E-state index in [0.717, 1.165) is 36.8 Å². The van der Waals surface area contributed by atoms with Gasteiger partial charge in [0.2, 0.25) is 5.91 Å². The number of anilines is 1. The number of rotatable bonds is 3. The lowest BCUT2D eigenvalue weighted by molar-refractivity contribution is -0.126. The van der Waals surface area contributed by atoms with Crippen LogP contribution in [0, 0.1) is 0 Å². The van der Waals surface area contributed by atoms with Gasteiger partial charge < -0.3 is 9.64 Å². The smallest absolute Gasteiger partial charge is 0.244 e. The van der Waals surface area contributed by atoms with Crippen molar-refractivity contribution in [1.29, 1.82) is 0 Å². The summed E-state index contributed by atoms with van der Waals surface area (Å²) in [5.41, 5.74) is 2.33. The molecular weight excluding hydrogens is 322 g/mol. The Morgan fingerprint density at radius 2 is 2.25 bits per heavy atom. The molecule has 2 aromatic rings. The zero-order chi connectivity index (χ0) is 16.5. The molecule has 0 saturated carbocycles. The largest absolute Gasteiger partial charge is 0.368 e. The second kappa shape index (κ2) is 6.63. The van der Waals surface area contributed by atoms with Crippen molar-refractivity contribution < 1.29 is 9.53 Å². The minimum atomic E-state index is -0.150. The fourth-order valence-corrected chi connectivity index (χ4v) is 4.19. The van der Waals surface area contributed by atoms with Crippen molar-refractivity contribution in [3.63, 3.8) is 0 Å². The summed E-state index contributed by atoms with van der Waals surface area (Å²) in [5.74, 6) is 0.180. The van der Waals surface area contributed by atoms with Crippen molar-refractivity contribution in [2.75, 3.05) is 31.1 Å². The number of carbonyl (C=O) groups is 1. The first-order valence-corrected chi connectivity index (χ1v) is 9.26. The second-order valence-electron chi connectivity index (χ2n) is 6.27. The number of ether oxygens (including phenoxy) is 1. The minimum absolute atomic E-state index is 0.0279. The molecule has 24 heavy (non-hydrogen) atoms. The standard InChI is InChI=1S/C18H21N3O2S/c1-13(18(22)21-8-6-14-4-2-3-5-15(14)21)20-9-10-23-16(12-20)17-19-7-11-24-17/h2-5,7,11,13,16H,6,8-10,12H2,1H3. The van der Waals surface area contributed by atoms with Crippen LogP contribution in [0.2, 0.25) is 0 Å². The Kier molecular flexibility index (Phi) is 4.35. The van der Waals surface area contributed by atoms with Crippen LogP contribution in [0.15, 0.2) is 35.8 Å². The molecule has 126 valence electrons. The van der Waals surface area contributed by atoms with Crippen molar-refractivity contribution in [3.05, 3.63) is 46.4 Å². The van der Waals surface area contributed by atoms with Gasteiger partial charge in [0.05, 0.1) is 12.6 Å². The number of hydrogen-bond acceptors (Lipinski definition) is 5. The van der Waals surface area contributed by atoms with E-state index in [9.17, 15) is 4.79 Å². The van der Waals surface area contributed by atoms with E-state index < -0.39 is 0 Å². The fraction of sp³-hybridized carbons (Fsp3) is 0.444. The molecule has 0 spiro atoms. The molecule has 0 bridgehead atoms. The maximum Gasteiger partial charge on any atom is 0.244 e. The summed E-state index contributed by atoms with van der Waals surface area (Å²) in [7, 11) is 0. The molecule has 0 radical (unpaired) electrons. The van der Waals surface area contributed by atoms with Gasteiger partial charge in [-0.15, -0.1) is 11.3 Å². The van der Waals surface area contributed by atoms with Crippen molar-refractivity contribution >= 4 is 22.9 Å². The Morgan fingerprint density at radius 3 is 3.08 bits per heavy atom. The van der Waals surface area contributed by atoms with Crippen LogP contribution in [0.3, 0.4) is 0 Å². The lowest BCUT2D eigenvalue weighted by Crippen LogP contribution is -2.51. The molecule has 4 rings (SSSR count). The predicted molar refractivity (Wildman–Crippen MR) is 94.3 cm³/mol. The number of amides is 1. The van der Waals surface area contributed by atoms with Crippen molar-refractivity contribution in [2.24, 2.45) is 0 Å². The third kappa shape index (κ3) is 2.85. The number of thiazole rings is 1. The molecule has 2 unspecified atom stereocenters. The Labute approximate surface area is 145 Å². The van der Waals surface area contributed by atoms with E-state index in [1.165, 1.54) is 5.56 Å². The zero-order valence-electron chi connectivity index (χ0n) is 13.7. The average molecular weight is 343 g/mol. The molecule has 5 nitrogen and oxygen atoms in total. The lowest BCUT2D eigenvalue weighted by atomic mass is 10.1. The van der Waals surface area contributed by atoms with Gasteiger partial charge in [0.1, 0.15) is 11.1 Å². The van der Waals surface area contributed by atoms with Crippen LogP contribution < -0.4 is 4.90 Å².